The summed E-state index contributed by atoms with van der Waals surface area (Å²) < 4.78 is 15.8. The number of carbonyl (C=O) groups excluding carboxylic acids is 1. The van der Waals surface area contributed by atoms with Gasteiger partial charge in [-0.1, -0.05) is 6.08 Å². The van der Waals surface area contributed by atoms with E-state index in [0.29, 0.717) is 36.7 Å². The summed E-state index contributed by atoms with van der Waals surface area (Å²) in [4.78, 5) is 10.9. The van der Waals surface area contributed by atoms with Gasteiger partial charge in [-0.2, -0.15) is 0 Å². The fourth-order valence-electron chi connectivity index (χ4n) is 1.60. The molecule has 98 valence electrons. The summed E-state index contributed by atoms with van der Waals surface area (Å²) in [5.74, 6) is 1.19. The Morgan fingerprint density at radius 2 is 2.06 bits per heavy atom. The lowest BCUT2D eigenvalue weighted by atomic mass is 10.1. The Morgan fingerprint density at radius 1 is 1.28 bits per heavy atom. The summed E-state index contributed by atoms with van der Waals surface area (Å²) in [6, 6.07) is 3.43. The summed E-state index contributed by atoms with van der Waals surface area (Å²) in [5, 5.41) is 0. The summed E-state index contributed by atoms with van der Waals surface area (Å²) >= 11 is 0. The third kappa shape index (κ3) is 3.60. The van der Waals surface area contributed by atoms with Crippen LogP contribution in [0.5, 0.6) is 11.5 Å². The van der Waals surface area contributed by atoms with Crippen LogP contribution in [0, 0.1) is 0 Å². The van der Waals surface area contributed by atoms with Crippen LogP contribution in [0.15, 0.2) is 24.8 Å². The first-order valence-corrected chi connectivity index (χ1v) is 5.65. The van der Waals surface area contributed by atoms with Crippen molar-refractivity contribution in [2.24, 2.45) is 0 Å². The van der Waals surface area contributed by atoms with Gasteiger partial charge >= 0.3 is 0 Å². The molecule has 0 unspecified atom stereocenters. The molecule has 0 aliphatic carbocycles. The topological polar surface area (TPSA) is 44.8 Å². The smallest absolute Gasteiger partial charge is 0.164 e. The van der Waals surface area contributed by atoms with E-state index in [1.54, 1.807) is 32.4 Å². The van der Waals surface area contributed by atoms with Crippen molar-refractivity contribution >= 4 is 6.29 Å². The first kappa shape index (κ1) is 14.3. The van der Waals surface area contributed by atoms with Gasteiger partial charge in [0.2, 0.25) is 0 Å². The maximum atomic E-state index is 10.9. The number of carbonyl (C=O) groups is 1. The number of ether oxygens (including phenoxy) is 3. The Balaban J connectivity index is 3.08. The molecule has 0 spiro atoms. The highest BCUT2D eigenvalue weighted by Gasteiger charge is 2.12. The lowest BCUT2D eigenvalue weighted by molar-refractivity contribution is 0.112. The monoisotopic (exact) mass is 250 g/mol. The summed E-state index contributed by atoms with van der Waals surface area (Å²) in [5.41, 5.74) is 1.44. The van der Waals surface area contributed by atoms with Gasteiger partial charge in [0, 0.05) is 18.2 Å². The highest BCUT2D eigenvalue weighted by atomic mass is 16.5. The van der Waals surface area contributed by atoms with Crippen molar-refractivity contribution in [2.45, 2.75) is 6.42 Å². The Morgan fingerprint density at radius 3 is 2.61 bits per heavy atom. The van der Waals surface area contributed by atoms with E-state index in [9.17, 15) is 4.79 Å². The number of hydrogen-bond donors (Lipinski definition) is 0. The molecule has 0 atom stereocenters. The van der Waals surface area contributed by atoms with E-state index in [1.165, 1.54) is 0 Å². The summed E-state index contributed by atoms with van der Waals surface area (Å²) in [6.07, 6.45) is 3.15. The van der Waals surface area contributed by atoms with Crippen molar-refractivity contribution in [1.29, 1.82) is 0 Å². The molecule has 0 aromatic heterocycles. The molecule has 0 aliphatic heterocycles. The predicted octanol–water partition coefficient (Wildman–Crippen LogP) is 2.26. The van der Waals surface area contributed by atoms with Crippen molar-refractivity contribution in [3.63, 3.8) is 0 Å². The summed E-state index contributed by atoms with van der Waals surface area (Å²) in [6.45, 7) is 4.62. The van der Waals surface area contributed by atoms with Crippen molar-refractivity contribution in [1.82, 2.24) is 0 Å². The summed E-state index contributed by atoms with van der Waals surface area (Å²) in [7, 11) is 3.16. The van der Waals surface area contributed by atoms with E-state index in [4.69, 9.17) is 14.2 Å². The number of aldehydes is 1. The minimum atomic E-state index is 0.428. The average molecular weight is 250 g/mol. The molecule has 1 aromatic carbocycles. The van der Waals surface area contributed by atoms with Crippen LogP contribution in [0.4, 0.5) is 0 Å². The zero-order chi connectivity index (χ0) is 13.4. The number of rotatable bonds is 8. The van der Waals surface area contributed by atoms with Crippen molar-refractivity contribution < 1.29 is 19.0 Å². The van der Waals surface area contributed by atoms with Gasteiger partial charge in [0.25, 0.3) is 0 Å². The molecule has 0 saturated carbocycles. The Labute approximate surface area is 107 Å². The number of hydrogen-bond acceptors (Lipinski definition) is 4. The quantitative estimate of drug-likeness (QED) is 0.403. The first-order valence-electron chi connectivity index (χ1n) is 5.65. The van der Waals surface area contributed by atoms with E-state index in [2.05, 4.69) is 6.58 Å². The van der Waals surface area contributed by atoms with Crippen LogP contribution < -0.4 is 9.47 Å². The molecule has 0 radical (unpaired) electrons. The van der Waals surface area contributed by atoms with Gasteiger partial charge in [0.05, 0.1) is 13.7 Å². The third-order valence-corrected chi connectivity index (χ3v) is 2.41. The normalized spacial score (nSPS) is 9.89. The molecule has 0 N–H and O–H groups in total. The molecule has 0 bridgehead atoms. The van der Waals surface area contributed by atoms with Crippen LogP contribution in [0.3, 0.4) is 0 Å². The van der Waals surface area contributed by atoms with Crippen molar-refractivity contribution in [3.05, 3.63) is 35.9 Å². The van der Waals surface area contributed by atoms with E-state index >= 15 is 0 Å². The van der Waals surface area contributed by atoms with Gasteiger partial charge in [-0.15, -0.1) is 6.58 Å². The Hall–Kier alpha value is -1.81. The van der Waals surface area contributed by atoms with Crippen molar-refractivity contribution in [2.75, 3.05) is 27.4 Å². The largest absolute Gasteiger partial charge is 0.493 e. The van der Waals surface area contributed by atoms with Crippen LogP contribution in [0.25, 0.3) is 0 Å². The highest BCUT2D eigenvalue weighted by molar-refractivity contribution is 5.77. The van der Waals surface area contributed by atoms with Crippen LogP contribution in [-0.4, -0.2) is 33.7 Å². The predicted molar refractivity (Wildman–Crippen MR) is 69.7 cm³/mol. The fourth-order valence-corrected chi connectivity index (χ4v) is 1.60. The molecule has 4 heteroatoms. The van der Waals surface area contributed by atoms with E-state index in [-0.39, 0.29) is 0 Å². The molecule has 4 nitrogen and oxygen atoms in total. The second-order valence-electron chi connectivity index (χ2n) is 3.66. The van der Waals surface area contributed by atoms with E-state index in [1.807, 2.05) is 0 Å². The van der Waals surface area contributed by atoms with Crippen molar-refractivity contribution in [3.8, 4) is 11.5 Å². The minimum absolute atomic E-state index is 0.428. The second-order valence-corrected chi connectivity index (χ2v) is 3.66. The van der Waals surface area contributed by atoms with Gasteiger partial charge in [0.1, 0.15) is 12.9 Å². The molecule has 18 heavy (non-hydrogen) atoms. The lowest BCUT2D eigenvalue weighted by Crippen LogP contribution is -2.07. The molecular formula is C14H18O4. The van der Waals surface area contributed by atoms with Gasteiger partial charge < -0.3 is 14.2 Å². The highest BCUT2D eigenvalue weighted by Crippen LogP contribution is 2.33. The minimum Gasteiger partial charge on any atom is -0.493 e. The SMILES string of the molecule is C=CCc1cc(C=O)cc(OC)c1OCCOC. The zero-order valence-corrected chi connectivity index (χ0v) is 10.8. The lowest BCUT2D eigenvalue weighted by Gasteiger charge is -2.15. The molecule has 1 aromatic rings. The average Bonchev–Trinajstić information content (AvgIpc) is 2.40. The molecule has 0 aliphatic rings. The van der Waals surface area contributed by atoms with Crippen LogP contribution >= 0.6 is 0 Å². The molecular weight excluding hydrogens is 232 g/mol. The Kier molecular flexibility index (Phi) is 5.94. The van der Waals surface area contributed by atoms with Crippen LogP contribution in [0.2, 0.25) is 0 Å². The zero-order valence-electron chi connectivity index (χ0n) is 10.8. The van der Waals surface area contributed by atoms with Gasteiger partial charge in [-0.05, 0) is 18.6 Å². The van der Waals surface area contributed by atoms with Crippen LogP contribution in [-0.2, 0) is 11.2 Å². The second kappa shape index (κ2) is 7.50. The molecule has 0 saturated heterocycles. The fraction of sp³-hybridized carbons (Fsp3) is 0.357. The molecule has 0 fully saturated rings. The molecule has 0 heterocycles. The maximum absolute atomic E-state index is 10.9. The standard InChI is InChI=1S/C14H18O4/c1-4-5-12-8-11(10-15)9-13(17-3)14(12)18-7-6-16-2/h4,8-10H,1,5-7H2,2-3H3. The molecule has 0 amide bonds. The molecule has 1 rings (SSSR count). The number of methoxy groups -OCH3 is 2. The number of allylic oxidation sites excluding steroid dienone is 1. The van der Waals surface area contributed by atoms with E-state index < -0.39 is 0 Å². The van der Waals surface area contributed by atoms with Crippen LogP contribution in [0.1, 0.15) is 15.9 Å². The van der Waals surface area contributed by atoms with Gasteiger partial charge in [0.15, 0.2) is 11.5 Å². The van der Waals surface area contributed by atoms with Gasteiger partial charge in [-0.25, -0.2) is 0 Å². The van der Waals surface area contributed by atoms with E-state index in [0.717, 1.165) is 11.8 Å². The first-order chi connectivity index (χ1) is 8.76. The Bertz CT molecular complexity index is 413. The third-order valence-electron chi connectivity index (χ3n) is 2.41. The van der Waals surface area contributed by atoms with Gasteiger partial charge in [-0.3, -0.25) is 4.79 Å². The number of benzene rings is 1. The maximum Gasteiger partial charge on any atom is 0.164 e.